The molecule has 0 aromatic rings. The number of hydrogen-bond donors (Lipinski definition) is 3. The van der Waals surface area contributed by atoms with Crippen LogP contribution in [0.4, 0.5) is 0 Å². The number of phosphoric acid groups is 1. The van der Waals surface area contributed by atoms with Gasteiger partial charge in [-0.15, -0.1) is 0 Å². The molecule has 0 spiro atoms. The van der Waals surface area contributed by atoms with Crippen LogP contribution < -0.4 is 0 Å². The Hall–Kier alpha value is 1.80. The van der Waals surface area contributed by atoms with Crippen molar-refractivity contribution in [2.24, 2.45) is 0 Å². The molecule has 0 bridgehead atoms. The van der Waals surface area contributed by atoms with Crippen LogP contribution in [0.25, 0.3) is 0 Å². The third-order valence-electron chi connectivity index (χ3n) is 0. The van der Waals surface area contributed by atoms with Crippen molar-refractivity contribution in [2.45, 2.75) is 0 Å². The van der Waals surface area contributed by atoms with Gasteiger partial charge in [0.1, 0.15) is 0 Å². The average Bonchev–Trinajstić information content (AvgIpc) is 0.722. The van der Waals surface area contributed by atoms with E-state index in [1.54, 1.807) is 0 Å². The van der Waals surface area contributed by atoms with Crippen molar-refractivity contribution in [3.05, 3.63) is 0 Å². The van der Waals surface area contributed by atoms with E-state index in [9.17, 15) is 0 Å². The Balaban J connectivity index is -0.0000000800. The van der Waals surface area contributed by atoms with Crippen molar-refractivity contribution in [3.63, 3.8) is 0 Å². The normalized spacial score (nSPS) is 8.43. The van der Waals surface area contributed by atoms with Crippen molar-refractivity contribution in [3.8, 4) is 0 Å². The molecule has 0 aliphatic heterocycles. The van der Waals surface area contributed by atoms with Crippen LogP contribution in [0.15, 0.2) is 0 Å². The van der Waals surface area contributed by atoms with Gasteiger partial charge in [0.05, 0.1) is 0 Å². The molecule has 0 aliphatic carbocycles. The molecule has 0 rings (SSSR count). The van der Waals surface area contributed by atoms with Crippen molar-refractivity contribution < 1.29 is 70.5 Å². The molecule has 0 saturated heterocycles. The second-order valence-corrected chi connectivity index (χ2v) is 1.54. The summed E-state index contributed by atoms with van der Waals surface area (Å²) in [5, 5.41) is 0. The zero-order valence-electron chi connectivity index (χ0n) is 3.22. The summed E-state index contributed by atoms with van der Waals surface area (Å²) in [7, 11) is -4.64. The van der Waals surface area contributed by atoms with Gasteiger partial charge in [0.2, 0.25) is 0 Å². The van der Waals surface area contributed by atoms with Gasteiger partial charge in [-0.3, -0.25) is 0 Å². The largest absolute Gasteiger partial charge is 0.466 e. The Morgan fingerprint density at radius 1 is 1.14 bits per heavy atom. The van der Waals surface area contributed by atoms with Crippen LogP contribution in [0, 0.1) is 0 Å². The first-order valence-electron chi connectivity index (χ1n) is 0.783. The first-order valence-corrected chi connectivity index (χ1v) is 2.35. The molecule has 3 N–H and O–H groups in total. The second kappa shape index (κ2) is 5.93. The van der Waals surface area contributed by atoms with E-state index >= 15 is 0 Å². The SMILES string of the molecule is O=P(O)(O)O.[V].[Y]. The van der Waals surface area contributed by atoms with Crippen molar-refractivity contribution in [1.29, 1.82) is 0 Å². The Morgan fingerprint density at radius 2 is 1.14 bits per heavy atom. The Labute approximate surface area is 77.7 Å². The average molecular weight is 238 g/mol. The standard InChI is InChI=1S/H3O4P.V.Y/c1-5(2,3)4;;/h(H3,1,2,3,4);;. The fourth-order valence-electron chi connectivity index (χ4n) is 0. The predicted molar refractivity (Wildman–Crippen MR) is 14.3 cm³/mol. The molecule has 0 aromatic heterocycles. The molecule has 0 amide bonds. The number of rotatable bonds is 0. The molecule has 0 unspecified atom stereocenters. The van der Waals surface area contributed by atoms with Gasteiger partial charge in [-0.2, -0.15) is 0 Å². The van der Waals surface area contributed by atoms with Crippen LogP contribution in [0.5, 0.6) is 0 Å². The van der Waals surface area contributed by atoms with E-state index in [-0.39, 0.29) is 51.3 Å². The summed E-state index contributed by atoms with van der Waals surface area (Å²) in [6, 6.07) is 0. The van der Waals surface area contributed by atoms with Gasteiger partial charge < -0.3 is 14.7 Å². The third kappa shape index (κ3) is 81.1. The maximum Gasteiger partial charge on any atom is 0.466 e. The Morgan fingerprint density at radius 3 is 1.14 bits per heavy atom. The monoisotopic (exact) mass is 238 g/mol. The zero-order chi connectivity index (χ0) is 4.50. The van der Waals surface area contributed by atoms with E-state index in [0.29, 0.717) is 0 Å². The van der Waals surface area contributed by atoms with E-state index in [1.807, 2.05) is 0 Å². The van der Waals surface area contributed by atoms with Gasteiger partial charge in [-0.25, -0.2) is 4.57 Å². The third-order valence-corrected chi connectivity index (χ3v) is 0. The molecular weight excluding hydrogens is 235 g/mol. The van der Waals surface area contributed by atoms with Crippen LogP contribution in [-0.4, -0.2) is 14.7 Å². The maximum atomic E-state index is 8.88. The summed E-state index contributed by atoms with van der Waals surface area (Å²) < 4.78 is 8.88. The van der Waals surface area contributed by atoms with Gasteiger partial charge >= 0.3 is 7.82 Å². The first kappa shape index (κ1) is 15.9. The second-order valence-electron chi connectivity index (χ2n) is 0.513. The quantitative estimate of drug-likeness (QED) is 0.476. The van der Waals surface area contributed by atoms with E-state index in [2.05, 4.69) is 0 Å². The fraction of sp³-hybridized carbons (Fsp3) is 0. The minimum Gasteiger partial charge on any atom is -0.303 e. The molecule has 40 valence electrons. The maximum absolute atomic E-state index is 8.88. The molecule has 0 atom stereocenters. The molecule has 4 nitrogen and oxygen atoms in total. The van der Waals surface area contributed by atoms with Crippen LogP contribution in [0.2, 0.25) is 0 Å². The fourth-order valence-corrected chi connectivity index (χ4v) is 0. The van der Waals surface area contributed by atoms with Gasteiger partial charge in [0.15, 0.2) is 0 Å². The van der Waals surface area contributed by atoms with E-state index in [0.717, 1.165) is 0 Å². The summed E-state index contributed by atoms with van der Waals surface area (Å²) >= 11 is 0. The predicted octanol–water partition coefficient (Wildman–Crippen LogP) is -0.934. The van der Waals surface area contributed by atoms with E-state index in [1.165, 1.54) is 0 Å². The molecule has 2 radical (unpaired) electrons. The van der Waals surface area contributed by atoms with Gasteiger partial charge in [-0.05, 0) is 0 Å². The molecule has 0 fully saturated rings. The first-order chi connectivity index (χ1) is 2.00. The van der Waals surface area contributed by atoms with Crippen molar-refractivity contribution in [1.82, 2.24) is 0 Å². The van der Waals surface area contributed by atoms with Crippen LogP contribution >= 0.6 is 7.82 Å². The van der Waals surface area contributed by atoms with Gasteiger partial charge in [0.25, 0.3) is 0 Å². The van der Waals surface area contributed by atoms with Crippen molar-refractivity contribution >= 4 is 7.82 Å². The summed E-state index contributed by atoms with van der Waals surface area (Å²) in [5.41, 5.74) is 0. The van der Waals surface area contributed by atoms with Crippen LogP contribution in [-0.2, 0) is 55.8 Å². The van der Waals surface area contributed by atoms with E-state index < -0.39 is 7.82 Å². The molecular formula is H3O4PVY. The van der Waals surface area contributed by atoms with Gasteiger partial charge in [0, 0.05) is 51.3 Å². The molecule has 7 heavy (non-hydrogen) atoms. The smallest absolute Gasteiger partial charge is 0.303 e. The topological polar surface area (TPSA) is 77.8 Å². The summed E-state index contributed by atoms with van der Waals surface area (Å²) in [4.78, 5) is 21.6. The minimum atomic E-state index is -4.64. The molecule has 0 saturated carbocycles. The minimum absolute atomic E-state index is 0. The van der Waals surface area contributed by atoms with E-state index in [4.69, 9.17) is 19.2 Å². The summed E-state index contributed by atoms with van der Waals surface area (Å²) in [5.74, 6) is 0. The molecule has 0 aromatic carbocycles. The summed E-state index contributed by atoms with van der Waals surface area (Å²) in [6.07, 6.45) is 0. The van der Waals surface area contributed by atoms with Gasteiger partial charge in [-0.1, -0.05) is 0 Å². The Bertz CT molecular complexity index is 57.8. The van der Waals surface area contributed by atoms with Crippen LogP contribution in [0.1, 0.15) is 0 Å². The number of hydrogen-bond acceptors (Lipinski definition) is 1. The molecule has 0 heterocycles. The zero-order valence-corrected chi connectivity index (χ0v) is 8.35. The summed E-state index contributed by atoms with van der Waals surface area (Å²) in [6.45, 7) is 0. The van der Waals surface area contributed by atoms with Crippen LogP contribution in [0.3, 0.4) is 0 Å². The van der Waals surface area contributed by atoms with Crippen molar-refractivity contribution in [2.75, 3.05) is 0 Å². The molecule has 0 aliphatic rings. The molecule has 7 heteroatoms. The Kier molecular flexibility index (Phi) is 13.5.